The van der Waals surface area contributed by atoms with E-state index in [0.29, 0.717) is 36.0 Å². The van der Waals surface area contributed by atoms with E-state index in [4.69, 9.17) is 9.47 Å². The highest BCUT2D eigenvalue weighted by atomic mass is 16.6. The molecule has 0 fully saturated rings. The Labute approximate surface area is 137 Å². The zero-order valence-corrected chi connectivity index (χ0v) is 12.7. The molecule has 1 aromatic heterocycles. The van der Waals surface area contributed by atoms with Crippen LogP contribution in [0, 0.1) is 0 Å². The van der Waals surface area contributed by atoms with Crippen molar-refractivity contribution >= 4 is 11.9 Å². The van der Waals surface area contributed by atoms with Gasteiger partial charge in [0.1, 0.15) is 19.3 Å². The lowest BCUT2D eigenvalue weighted by atomic mass is 10.0. The maximum atomic E-state index is 13.0. The van der Waals surface area contributed by atoms with Crippen LogP contribution >= 0.6 is 0 Å². The van der Waals surface area contributed by atoms with Crippen molar-refractivity contribution in [3.63, 3.8) is 0 Å². The van der Waals surface area contributed by atoms with Crippen molar-refractivity contribution in [3.8, 4) is 11.5 Å². The number of fused-ring (bicyclic) bond motifs is 2. The van der Waals surface area contributed by atoms with Crippen LogP contribution in [0.5, 0.6) is 11.5 Å². The number of ether oxygens (including phenoxy) is 2. The molecule has 1 atom stereocenters. The molecule has 0 saturated carbocycles. The van der Waals surface area contributed by atoms with Crippen LogP contribution in [0.3, 0.4) is 0 Å². The average molecular weight is 329 g/mol. The number of nitrogens with zero attached hydrogens (tertiary/aromatic N) is 2. The van der Waals surface area contributed by atoms with E-state index >= 15 is 0 Å². The Balaban J connectivity index is 1.72. The van der Waals surface area contributed by atoms with Gasteiger partial charge >= 0.3 is 5.97 Å². The summed E-state index contributed by atoms with van der Waals surface area (Å²) in [5.41, 5.74) is 1.74. The monoisotopic (exact) mass is 329 g/mol. The highest BCUT2D eigenvalue weighted by molar-refractivity contribution is 6.00. The summed E-state index contributed by atoms with van der Waals surface area (Å²) in [6, 6.07) is 4.08. The van der Waals surface area contributed by atoms with Gasteiger partial charge in [0.2, 0.25) is 0 Å². The number of hydrogen-bond donors (Lipinski definition) is 2. The third-order valence-electron chi connectivity index (χ3n) is 4.24. The van der Waals surface area contributed by atoms with Crippen molar-refractivity contribution < 1.29 is 24.2 Å². The number of carboxylic acids is 1. The van der Waals surface area contributed by atoms with Gasteiger partial charge in [-0.1, -0.05) is 6.07 Å². The van der Waals surface area contributed by atoms with E-state index in [-0.39, 0.29) is 13.0 Å². The second kappa shape index (κ2) is 5.55. The van der Waals surface area contributed by atoms with Gasteiger partial charge in [0.15, 0.2) is 11.5 Å². The van der Waals surface area contributed by atoms with E-state index < -0.39 is 17.9 Å². The van der Waals surface area contributed by atoms with Gasteiger partial charge in [-0.2, -0.15) is 0 Å². The maximum Gasteiger partial charge on any atom is 0.326 e. The third-order valence-corrected chi connectivity index (χ3v) is 4.24. The minimum absolute atomic E-state index is 0.162. The molecule has 0 aliphatic carbocycles. The second-order valence-electron chi connectivity index (χ2n) is 5.65. The number of carbonyl (C=O) groups excluding carboxylic acids is 1. The molecule has 2 N–H and O–H groups in total. The molecule has 8 nitrogen and oxygen atoms in total. The van der Waals surface area contributed by atoms with Crippen molar-refractivity contribution in [3.05, 3.63) is 41.5 Å². The fourth-order valence-corrected chi connectivity index (χ4v) is 3.07. The van der Waals surface area contributed by atoms with Crippen molar-refractivity contribution in [1.82, 2.24) is 14.9 Å². The molecule has 1 aromatic carbocycles. The van der Waals surface area contributed by atoms with Crippen LogP contribution < -0.4 is 9.47 Å². The highest BCUT2D eigenvalue weighted by Crippen LogP contribution is 2.35. The molecule has 8 heteroatoms. The van der Waals surface area contributed by atoms with E-state index in [1.54, 1.807) is 18.2 Å². The van der Waals surface area contributed by atoms with E-state index in [1.807, 2.05) is 0 Å². The topological polar surface area (TPSA) is 105 Å². The number of para-hydroxylation sites is 1. The zero-order chi connectivity index (χ0) is 16.7. The van der Waals surface area contributed by atoms with Crippen LogP contribution in [0.1, 0.15) is 21.7 Å². The van der Waals surface area contributed by atoms with Crippen molar-refractivity contribution in [2.24, 2.45) is 0 Å². The Bertz CT molecular complexity index is 816. The number of H-pyrrole nitrogens is 1. The number of amides is 1. The number of aliphatic carboxylic acids is 1. The number of rotatable bonds is 2. The molecular formula is C16H15N3O5. The van der Waals surface area contributed by atoms with Gasteiger partial charge in [0.05, 0.1) is 29.8 Å². The minimum atomic E-state index is -1.06. The average Bonchev–Trinajstić information content (AvgIpc) is 3.07. The molecule has 124 valence electrons. The fourth-order valence-electron chi connectivity index (χ4n) is 3.07. The first-order chi connectivity index (χ1) is 11.6. The summed E-state index contributed by atoms with van der Waals surface area (Å²) >= 11 is 0. The smallest absolute Gasteiger partial charge is 0.326 e. The van der Waals surface area contributed by atoms with Crippen LogP contribution in [0.2, 0.25) is 0 Å². The van der Waals surface area contributed by atoms with Gasteiger partial charge < -0.3 is 24.5 Å². The summed E-state index contributed by atoms with van der Waals surface area (Å²) in [6.07, 6.45) is 1.69. The van der Waals surface area contributed by atoms with E-state index in [1.165, 1.54) is 11.2 Å². The quantitative estimate of drug-likeness (QED) is 0.846. The largest absolute Gasteiger partial charge is 0.486 e. The van der Waals surface area contributed by atoms with Gasteiger partial charge in [-0.25, -0.2) is 9.78 Å². The molecule has 2 aliphatic heterocycles. The molecule has 0 radical (unpaired) electrons. The standard InChI is InChI=1S/C16H15N3O5/c20-15(9-2-1-3-13-14(9)24-5-4-23-13)19-7-11-10(17-8-18-11)6-12(19)16(21)22/h1-3,8,12H,4-7H2,(H,17,18)(H,21,22)/t12-/m0/s1. The van der Waals surface area contributed by atoms with Gasteiger partial charge in [-0.15, -0.1) is 0 Å². The van der Waals surface area contributed by atoms with Crippen LogP contribution in [0.4, 0.5) is 0 Å². The highest BCUT2D eigenvalue weighted by Gasteiger charge is 2.37. The van der Waals surface area contributed by atoms with Gasteiger partial charge in [-0.3, -0.25) is 4.79 Å². The molecule has 2 aromatic rings. The van der Waals surface area contributed by atoms with Crippen molar-refractivity contribution in [1.29, 1.82) is 0 Å². The van der Waals surface area contributed by atoms with Crippen LogP contribution in [0.15, 0.2) is 24.5 Å². The first-order valence-corrected chi connectivity index (χ1v) is 7.58. The zero-order valence-electron chi connectivity index (χ0n) is 12.7. The Kier molecular flexibility index (Phi) is 3.37. The Morgan fingerprint density at radius 1 is 1.29 bits per heavy atom. The Morgan fingerprint density at radius 3 is 2.96 bits per heavy atom. The summed E-state index contributed by atoms with van der Waals surface area (Å²) in [6.45, 7) is 0.934. The summed E-state index contributed by atoms with van der Waals surface area (Å²) in [7, 11) is 0. The number of hydrogen-bond acceptors (Lipinski definition) is 5. The number of nitrogens with one attached hydrogen (secondary N) is 1. The summed E-state index contributed by atoms with van der Waals surface area (Å²) in [4.78, 5) is 33.1. The lowest BCUT2D eigenvalue weighted by Crippen LogP contribution is -2.48. The number of aromatic amines is 1. The lowest BCUT2D eigenvalue weighted by molar-refractivity contribution is -0.142. The number of aromatic nitrogens is 2. The third kappa shape index (κ3) is 2.27. The molecule has 0 bridgehead atoms. The molecule has 1 amide bonds. The van der Waals surface area contributed by atoms with Crippen molar-refractivity contribution in [2.45, 2.75) is 19.0 Å². The van der Waals surface area contributed by atoms with E-state index in [2.05, 4.69) is 9.97 Å². The molecule has 0 unspecified atom stereocenters. The molecule has 24 heavy (non-hydrogen) atoms. The number of imidazole rings is 1. The van der Waals surface area contributed by atoms with Crippen LogP contribution in [-0.2, 0) is 17.8 Å². The SMILES string of the molecule is O=C(O)[C@@H]1Cc2nc[nH]c2CN1C(=O)c1cccc2c1OCCO2. The normalized spacial score (nSPS) is 18.8. The number of carbonyl (C=O) groups is 2. The molecule has 0 saturated heterocycles. The fraction of sp³-hybridized carbons (Fsp3) is 0.312. The second-order valence-corrected chi connectivity index (χ2v) is 5.65. The van der Waals surface area contributed by atoms with Gasteiger partial charge in [-0.05, 0) is 12.1 Å². The predicted molar refractivity (Wildman–Crippen MR) is 81.0 cm³/mol. The predicted octanol–water partition coefficient (Wildman–Crippen LogP) is 0.833. The molecule has 4 rings (SSSR count). The van der Waals surface area contributed by atoms with E-state index in [9.17, 15) is 14.7 Å². The van der Waals surface area contributed by atoms with Crippen LogP contribution in [-0.4, -0.2) is 51.1 Å². The Morgan fingerprint density at radius 2 is 2.12 bits per heavy atom. The van der Waals surface area contributed by atoms with Crippen LogP contribution in [0.25, 0.3) is 0 Å². The Hall–Kier alpha value is -3.03. The summed E-state index contributed by atoms with van der Waals surface area (Å²) < 4.78 is 11.1. The molecule has 2 aliphatic rings. The first kappa shape index (κ1) is 14.6. The lowest BCUT2D eigenvalue weighted by Gasteiger charge is -2.33. The van der Waals surface area contributed by atoms with E-state index in [0.717, 1.165) is 5.69 Å². The minimum Gasteiger partial charge on any atom is -0.486 e. The molecule has 3 heterocycles. The summed E-state index contributed by atoms with van der Waals surface area (Å²) in [5.74, 6) is -0.588. The summed E-state index contributed by atoms with van der Waals surface area (Å²) in [5, 5.41) is 9.52. The number of benzene rings is 1. The first-order valence-electron chi connectivity index (χ1n) is 7.58. The van der Waals surface area contributed by atoms with Gasteiger partial charge in [0, 0.05) is 6.42 Å². The maximum absolute atomic E-state index is 13.0. The van der Waals surface area contributed by atoms with Gasteiger partial charge in [0.25, 0.3) is 5.91 Å². The number of carboxylic acid groups (broad SMARTS) is 1. The molecular weight excluding hydrogens is 314 g/mol. The molecule has 0 spiro atoms. The van der Waals surface area contributed by atoms with Crippen molar-refractivity contribution in [2.75, 3.05) is 13.2 Å².